The normalized spacial score (nSPS) is 11.0. The van der Waals surface area contributed by atoms with E-state index in [1.54, 1.807) is 6.20 Å². The van der Waals surface area contributed by atoms with E-state index >= 15 is 0 Å². The van der Waals surface area contributed by atoms with Crippen molar-refractivity contribution >= 4 is 0 Å². The molecule has 0 saturated carbocycles. The predicted octanol–water partition coefficient (Wildman–Crippen LogP) is 2.15. The molecule has 2 aromatic rings. The Hall–Kier alpha value is -1.68. The van der Waals surface area contributed by atoms with E-state index < -0.39 is 0 Å². The van der Waals surface area contributed by atoms with Gasteiger partial charge in [-0.1, -0.05) is 6.07 Å². The maximum atomic E-state index is 4.48. The van der Waals surface area contributed by atoms with Crippen LogP contribution in [0.25, 0.3) is 0 Å². The molecule has 2 rings (SSSR count). The fraction of sp³-hybridized carbons (Fsp3) is 0.385. The second kappa shape index (κ2) is 5.59. The number of nitrogens with zero attached hydrogens (tertiary/aromatic N) is 3. The molecule has 1 N–H and O–H groups in total. The summed E-state index contributed by atoms with van der Waals surface area (Å²) in [5.41, 5.74) is 2.26. The molecule has 0 bridgehead atoms. The molecule has 0 aromatic carbocycles. The molecule has 2 heterocycles. The lowest BCUT2D eigenvalue weighted by atomic mass is 10.3. The van der Waals surface area contributed by atoms with Gasteiger partial charge in [-0.15, -0.1) is 0 Å². The summed E-state index contributed by atoms with van der Waals surface area (Å²) in [6.07, 6.45) is 5.68. The van der Waals surface area contributed by atoms with Crippen molar-refractivity contribution in [2.45, 2.75) is 33.0 Å². The lowest BCUT2D eigenvalue weighted by Gasteiger charge is -2.04. The van der Waals surface area contributed by atoms with Gasteiger partial charge >= 0.3 is 0 Å². The van der Waals surface area contributed by atoms with Crippen LogP contribution in [0.1, 0.15) is 31.1 Å². The molecule has 90 valence electrons. The second-order valence-corrected chi connectivity index (χ2v) is 4.35. The molecule has 0 atom stereocenters. The Balaban J connectivity index is 1.82. The summed E-state index contributed by atoms with van der Waals surface area (Å²) in [5.74, 6) is 0. The van der Waals surface area contributed by atoms with E-state index in [2.05, 4.69) is 41.4 Å². The van der Waals surface area contributed by atoms with Crippen molar-refractivity contribution in [2.24, 2.45) is 0 Å². The van der Waals surface area contributed by atoms with Gasteiger partial charge in [0.1, 0.15) is 0 Å². The minimum atomic E-state index is 0.419. The minimum absolute atomic E-state index is 0.419. The molecular weight excluding hydrogens is 212 g/mol. The summed E-state index contributed by atoms with van der Waals surface area (Å²) >= 11 is 0. The van der Waals surface area contributed by atoms with Crippen molar-refractivity contribution in [3.63, 3.8) is 0 Å². The van der Waals surface area contributed by atoms with E-state index in [-0.39, 0.29) is 0 Å². The molecule has 4 nitrogen and oxygen atoms in total. The van der Waals surface area contributed by atoms with E-state index in [0.29, 0.717) is 6.04 Å². The van der Waals surface area contributed by atoms with Gasteiger partial charge in [0.25, 0.3) is 0 Å². The van der Waals surface area contributed by atoms with E-state index in [1.165, 1.54) is 5.56 Å². The Bertz CT molecular complexity index is 447. The number of nitrogens with one attached hydrogen (secondary N) is 1. The standard InChI is InChI=1S/C13H18N4/c1-11(2)17-7-5-13(16-17)10-15-9-12-4-3-6-14-8-12/h3-8,11,15H,9-10H2,1-2H3. The number of hydrogen-bond donors (Lipinski definition) is 1. The van der Waals surface area contributed by atoms with Crippen molar-refractivity contribution < 1.29 is 0 Å². The molecule has 0 unspecified atom stereocenters. The summed E-state index contributed by atoms with van der Waals surface area (Å²) in [7, 11) is 0. The van der Waals surface area contributed by atoms with Crippen LogP contribution in [0.2, 0.25) is 0 Å². The predicted molar refractivity (Wildman–Crippen MR) is 67.4 cm³/mol. The molecule has 2 aromatic heterocycles. The van der Waals surface area contributed by atoms with E-state index in [0.717, 1.165) is 18.8 Å². The number of hydrogen-bond acceptors (Lipinski definition) is 3. The summed E-state index contributed by atoms with van der Waals surface area (Å²) < 4.78 is 1.97. The molecule has 0 aliphatic rings. The lowest BCUT2D eigenvalue weighted by Crippen LogP contribution is -2.13. The van der Waals surface area contributed by atoms with Crippen LogP contribution in [0.3, 0.4) is 0 Å². The average molecular weight is 230 g/mol. The Morgan fingerprint density at radius 2 is 2.18 bits per heavy atom. The Morgan fingerprint density at radius 1 is 1.29 bits per heavy atom. The van der Waals surface area contributed by atoms with Crippen LogP contribution >= 0.6 is 0 Å². The minimum Gasteiger partial charge on any atom is -0.307 e. The maximum absolute atomic E-state index is 4.48. The van der Waals surface area contributed by atoms with Crippen LogP contribution in [-0.2, 0) is 13.1 Å². The third kappa shape index (κ3) is 3.39. The summed E-state index contributed by atoms with van der Waals surface area (Å²) in [6.45, 7) is 5.86. The first-order chi connectivity index (χ1) is 8.25. The van der Waals surface area contributed by atoms with Crippen molar-refractivity contribution in [1.82, 2.24) is 20.1 Å². The third-order valence-corrected chi connectivity index (χ3v) is 2.55. The van der Waals surface area contributed by atoms with Crippen LogP contribution in [0.5, 0.6) is 0 Å². The largest absolute Gasteiger partial charge is 0.307 e. The van der Waals surface area contributed by atoms with Gasteiger partial charge in [-0.25, -0.2) is 0 Å². The molecule has 17 heavy (non-hydrogen) atoms. The number of aromatic nitrogens is 3. The monoisotopic (exact) mass is 230 g/mol. The zero-order valence-corrected chi connectivity index (χ0v) is 10.3. The first kappa shape index (κ1) is 11.8. The highest BCUT2D eigenvalue weighted by Gasteiger charge is 2.01. The quantitative estimate of drug-likeness (QED) is 0.855. The highest BCUT2D eigenvalue weighted by molar-refractivity contribution is 5.08. The van der Waals surface area contributed by atoms with Crippen LogP contribution < -0.4 is 5.32 Å². The van der Waals surface area contributed by atoms with Gasteiger partial charge in [0.05, 0.1) is 5.69 Å². The van der Waals surface area contributed by atoms with Crippen LogP contribution in [0.4, 0.5) is 0 Å². The zero-order chi connectivity index (χ0) is 12.1. The van der Waals surface area contributed by atoms with Crippen LogP contribution in [0.15, 0.2) is 36.8 Å². The fourth-order valence-electron chi connectivity index (χ4n) is 1.60. The van der Waals surface area contributed by atoms with Crippen molar-refractivity contribution in [2.75, 3.05) is 0 Å². The van der Waals surface area contributed by atoms with Crippen molar-refractivity contribution in [3.05, 3.63) is 48.0 Å². The topological polar surface area (TPSA) is 42.7 Å². The molecule has 0 saturated heterocycles. The molecule has 4 heteroatoms. The smallest absolute Gasteiger partial charge is 0.0762 e. The molecule has 0 fully saturated rings. The Morgan fingerprint density at radius 3 is 2.82 bits per heavy atom. The first-order valence-corrected chi connectivity index (χ1v) is 5.89. The maximum Gasteiger partial charge on any atom is 0.0762 e. The van der Waals surface area contributed by atoms with E-state index in [4.69, 9.17) is 0 Å². The number of pyridine rings is 1. The highest BCUT2D eigenvalue weighted by Crippen LogP contribution is 2.04. The lowest BCUT2D eigenvalue weighted by molar-refractivity contribution is 0.521. The van der Waals surface area contributed by atoms with Gasteiger partial charge in [-0.05, 0) is 31.5 Å². The summed E-state index contributed by atoms with van der Waals surface area (Å²) in [6, 6.07) is 6.48. The van der Waals surface area contributed by atoms with Gasteiger partial charge in [0.15, 0.2) is 0 Å². The van der Waals surface area contributed by atoms with Crippen molar-refractivity contribution in [1.29, 1.82) is 0 Å². The van der Waals surface area contributed by atoms with Crippen LogP contribution in [-0.4, -0.2) is 14.8 Å². The molecule has 0 aliphatic heterocycles. The van der Waals surface area contributed by atoms with Gasteiger partial charge in [-0.3, -0.25) is 9.67 Å². The Labute approximate surface area is 102 Å². The van der Waals surface area contributed by atoms with Gasteiger partial charge < -0.3 is 5.32 Å². The second-order valence-electron chi connectivity index (χ2n) is 4.35. The molecule has 0 radical (unpaired) electrons. The number of rotatable bonds is 5. The van der Waals surface area contributed by atoms with E-state index in [9.17, 15) is 0 Å². The molecule has 0 aliphatic carbocycles. The summed E-state index contributed by atoms with van der Waals surface area (Å²) in [4.78, 5) is 4.08. The van der Waals surface area contributed by atoms with E-state index in [1.807, 2.05) is 23.1 Å². The molecule has 0 spiro atoms. The van der Waals surface area contributed by atoms with Crippen molar-refractivity contribution in [3.8, 4) is 0 Å². The fourth-order valence-corrected chi connectivity index (χ4v) is 1.60. The van der Waals surface area contributed by atoms with Gasteiger partial charge in [0.2, 0.25) is 0 Å². The highest BCUT2D eigenvalue weighted by atomic mass is 15.3. The molecule has 0 amide bonds. The van der Waals surface area contributed by atoms with Crippen LogP contribution in [0, 0.1) is 0 Å². The van der Waals surface area contributed by atoms with Gasteiger partial charge in [0, 0.05) is 37.7 Å². The first-order valence-electron chi connectivity index (χ1n) is 5.89. The average Bonchev–Trinajstić information content (AvgIpc) is 2.79. The third-order valence-electron chi connectivity index (χ3n) is 2.55. The van der Waals surface area contributed by atoms with Gasteiger partial charge in [-0.2, -0.15) is 5.10 Å². The summed E-state index contributed by atoms with van der Waals surface area (Å²) in [5, 5.41) is 7.83. The SMILES string of the molecule is CC(C)n1ccc(CNCc2cccnc2)n1. The Kier molecular flexibility index (Phi) is 3.88. The molecular formula is C13H18N4. The zero-order valence-electron chi connectivity index (χ0n) is 10.3.